The molecule has 5 heterocycles. The first-order valence-corrected chi connectivity index (χ1v) is 22.7. The van der Waals surface area contributed by atoms with E-state index in [1.165, 1.54) is 0 Å². The molecule has 307 valence electrons. The quantitative estimate of drug-likeness (QED) is 0.0994. The summed E-state index contributed by atoms with van der Waals surface area (Å²) in [4.78, 5) is 29.3. The van der Waals surface area contributed by atoms with Gasteiger partial charge in [-0.15, -0.1) is 92.8 Å². The maximum atomic E-state index is 7.07. The van der Waals surface area contributed by atoms with Crippen LogP contribution in [0.4, 0.5) is 11.6 Å². The Kier molecular flexibility index (Phi) is 12.8. The van der Waals surface area contributed by atoms with Crippen molar-refractivity contribution in [3.05, 3.63) is 61.8 Å². The average Bonchev–Trinajstić information content (AvgIpc) is 3.92. The molecule has 1 radical (unpaired) electrons. The van der Waals surface area contributed by atoms with Crippen LogP contribution in [0.15, 0.2) is 20.0 Å². The molecule has 0 spiro atoms. The number of aromatic nitrogens is 2. The van der Waals surface area contributed by atoms with E-state index in [0.717, 1.165) is 0 Å². The molecule has 2 aromatic carbocycles. The van der Waals surface area contributed by atoms with Gasteiger partial charge in [-0.05, 0) is 34.9 Å². The molecule has 4 aromatic rings. The Morgan fingerprint density at radius 1 is 0.368 bits per heavy atom. The molecule has 8 nitrogen and oxygen atoms in total. The zero-order valence-electron chi connectivity index (χ0n) is 27.0. The van der Waals surface area contributed by atoms with E-state index < -0.39 is 79.0 Å². The summed E-state index contributed by atoms with van der Waals surface area (Å²) in [6, 6.07) is 0. The first kappa shape index (κ1) is 44.8. The van der Waals surface area contributed by atoms with Crippen molar-refractivity contribution in [3.8, 4) is 0 Å². The largest absolute Gasteiger partial charge is 0.695 e. The zero-order valence-corrected chi connectivity index (χ0v) is 40.2. The molecule has 3 aliphatic heterocycles. The second kappa shape index (κ2) is 16.3. The van der Waals surface area contributed by atoms with Crippen LogP contribution in [0.2, 0.25) is 40.2 Å². The van der Waals surface area contributed by atoms with Crippen molar-refractivity contribution in [1.29, 1.82) is 0 Å². The van der Waals surface area contributed by atoms with Crippen molar-refractivity contribution < 1.29 is 16.8 Å². The summed E-state index contributed by atoms with van der Waals surface area (Å²) in [5, 5.41) is 4.19. The first-order valence-electron chi connectivity index (χ1n) is 16.2. The van der Waals surface area contributed by atoms with E-state index in [4.69, 9.17) is 226 Å². The third kappa shape index (κ3) is 6.71. The number of hydrogen-bond donors (Lipinski definition) is 0. The Morgan fingerprint density at radius 2 is 0.684 bits per heavy atom. The van der Waals surface area contributed by atoms with Gasteiger partial charge in [0.15, 0.2) is 0 Å². The summed E-state index contributed by atoms with van der Waals surface area (Å²) >= 11 is 109. The maximum Gasteiger partial charge on any atom is 0.0800 e. The van der Waals surface area contributed by atoms with Crippen molar-refractivity contribution in [1.82, 2.24) is 9.97 Å². The predicted octanol–water partition coefficient (Wildman–Crippen LogP) is 12.9. The van der Waals surface area contributed by atoms with Gasteiger partial charge >= 0.3 is 0 Å². The predicted molar refractivity (Wildman–Crippen MR) is 236 cm³/mol. The van der Waals surface area contributed by atoms with Crippen molar-refractivity contribution in [2.75, 3.05) is 0 Å². The molecule has 2 aliphatic carbocycles. The molecule has 5 aliphatic rings. The fourth-order valence-electron chi connectivity index (χ4n) is 8.07. The molecule has 8 bridgehead atoms. The molecular formula is C32H14Cl16CoN8-4. The molecule has 0 amide bonds. The first-order chi connectivity index (χ1) is 26.4. The number of halogens is 16. The van der Waals surface area contributed by atoms with Crippen LogP contribution in [0.3, 0.4) is 0 Å². The van der Waals surface area contributed by atoms with Crippen LogP contribution in [0, 0.1) is 23.7 Å². The number of fused-ring (bicyclic) bond motifs is 18. The van der Waals surface area contributed by atoms with Crippen molar-refractivity contribution in [2.45, 2.75) is 55.3 Å². The number of benzene rings is 2. The van der Waals surface area contributed by atoms with Crippen LogP contribution < -0.4 is 20.9 Å². The minimum atomic E-state index is -1.01. The van der Waals surface area contributed by atoms with E-state index in [9.17, 15) is 0 Å². The number of aliphatic imine (C=N–C) groups is 2. The fourth-order valence-corrected chi connectivity index (χ4v) is 13.4. The van der Waals surface area contributed by atoms with Gasteiger partial charge in [0.05, 0.1) is 94.9 Å². The number of nitrogens with zero attached hydrogens (tertiary/aromatic N) is 8. The van der Waals surface area contributed by atoms with Crippen molar-refractivity contribution in [3.63, 3.8) is 0 Å². The van der Waals surface area contributed by atoms with E-state index in [1.807, 2.05) is 0 Å². The molecule has 14 atom stereocenters. The van der Waals surface area contributed by atoms with Crippen LogP contribution in [0.5, 0.6) is 0 Å². The van der Waals surface area contributed by atoms with Gasteiger partial charge in [-0.1, -0.05) is 92.8 Å². The summed E-state index contributed by atoms with van der Waals surface area (Å²) in [6.07, 6.45) is -2.03. The van der Waals surface area contributed by atoms with E-state index in [0.29, 0.717) is 0 Å². The SMILES string of the molecule is Clc1c(Cl)c(Cl)c2c3[n-]c(c2c1Cl)[N-]C1N=C(N=c2[n-]c(c4c(Cl)c(Cl)c(Cl)c(Cl)c24)=NC2=NC([N-]3)C3C(Cl)C(Cl)C(Cl)C(Cl)C23)C2C(Cl)C(Cl)C(Cl)C(Cl)C12.[Co]. The van der Waals surface area contributed by atoms with Gasteiger partial charge in [0.2, 0.25) is 0 Å². The Bertz CT molecular complexity index is 2400. The van der Waals surface area contributed by atoms with Gasteiger partial charge < -0.3 is 40.6 Å². The van der Waals surface area contributed by atoms with Crippen LogP contribution in [-0.2, 0) is 16.8 Å². The van der Waals surface area contributed by atoms with Crippen molar-refractivity contribution in [2.24, 2.45) is 43.6 Å². The minimum Gasteiger partial charge on any atom is -0.695 e. The third-order valence-corrected chi connectivity index (χ3v) is 19.5. The number of amidine groups is 2. The maximum absolute atomic E-state index is 7.07. The van der Waals surface area contributed by atoms with Gasteiger partial charge in [-0.3, -0.25) is 11.6 Å². The molecular weight excluding hydrogens is 1120 g/mol. The van der Waals surface area contributed by atoms with E-state index in [1.54, 1.807) is 0 Å². The molecule has 0 saturated heterocycles. The second-order valence-electron chi connectivity index (χ2n) is 13.6. The molecule has 2 aromatic heterocycles. The van der Waals surface area contributed by atoms with Crippen molar-refractivity contribution >= 4 is 230 Å². The zero-order chi connectivity index (χ0) is 40.1. The Morgan fingerprint density at radius 3 is 1.04 bits per heavy atom. The second-order valence-corrected chi connectivity index (χ2v) is 20.6. The van der Waals surface area contributed by atoms with Crippen LogP contribution in [0.25, 0.3) is 32.2 Å². The monoisotopic (exact) mass is 1130 g/mol. The normalized spacial score (nSPS) is 35.6. The molecule has 0 N–H and O–H groups in total. The van der Waals surface area contributed by atoms with Gasteiger partial charge in [-0.2, -0.15) is 0 Å². The van der Waals surface area contributed by atoms with Gasteiger partial charge in [-0.25, -0.2) is 0 Å². The van der Waals surface area contributed by atoms with Gasteiger partial charge in [0.1, 0.15) is 0 Å². The summed E-state index contributed by atoms with van der Waals surface area (Å²) in [5.41, 5.74) is 0.0420. The summed E-state index contributed by atoms with van der Waals surface area (Å²) in [7, 11) is 0. The molecule has 2 saturated carbocycles. The number of alkyl halides is 8. The van der Waals surface area contributed by atoms with E-state index in [2.05, 4.69) is 0 Å². The molecule has 14 unspecified atom stereocenters. The molecule has 57 heavy (non-hydrogen) atoms. The topological polar surface area (TPSA) is 106 Å². The number of rotatable bonds is 0. The molecule has 25 heteroatoms. The number of hydrogen-bond acceptors (Lipinski definition) is 4. The van der Waals surface area contributed by atoms with Crippen LogP contribution >= 0.6 is 186 Å². The summed E-state index contributed by atoms with van der Waals surface area (Å²) in [5.74, 6) is -2.37. The fraction of sp³-hybridized carbons (Fsp3) is 0.438. The van der Waals surface area contributed by atoms with E-state index >= 15 is 0 Å². The Hall–Kier alpha value is 1.21. The molecule has 9 rings (SSSR count). The van der Waals surface area contributed by atoms with E-state index in [-0.39, 0.29) is 113 Å². The average molecular weight is 1140 g/mol. The smallest absolute Gasteiger partial charge is 0.0800 e. The third-order valence-electron chi connectivity index (χ3n) is 10.7. The Labute approximate surface area is 413 Å². The van der Waals surface area contributed by atoms with Crippen LogP contribution in [0.1, 0.15) is 0 Å². The van der Waals surface area contributed by atoms with Crippen LogP contribution in [-0.4, -0.2) is 67.0 Å². The van der Waals surface area contributed by atoms with Gasteiger partial charge in [0, 0.05) is 50.4 Å². The Balaban J connectivity index is 0.00000455. The standard InChI is InChI=1S/C32H14Cl16N8.Co/c33-9-1-2(10(34)18(42)17(9)41)26-49-25(1)53-27-3-4(12(36)20(44)19(43)11(3)35)29(50-27)55-31-7-8(16(40)24(48)23(47)15(7)39)32(52-31)56-30-6-5(28(51-30)54-26)13(37)21(45)22(46)14(6)38;/h1-2,7-10,15-18,23-25,31H;/q-4;. The summed E-state index contributed by atoms with van der Waals surface area (Å²) in [6.45, 7) is 0. The molecule has 2 fully saturated rings. The minimum absolute atomic E-state index is 0. The summed E-state index contributed by atoms with van der Waals surface area (Å²) < 4.78 is 0. The van der Waals surface area contributed by atoms with Gasteiger partial charge in [0.25, 0.3) is 0 Å².